The highest BCUT2D eigenvalue weighted by Gasteiger charge is 2.28. The van der Waals surface area contributed by atoms with E-state index in [2.05, 4.69) is 20.7 Å². The fourth-order valence-corrected chi connectivity index (χ4v) is 4.29. The summed E-state index contributed by atoms with van der Waals surface area (Å²) in [4.78, 5) is 17.5. The lowest BCUT2D eigenvalue weighted by Gasteiger charge is -2.30. The maximum Gasteiger partial charge on any atom is 0.255 e. The highest BCUT2D eigenvalue weighted by molar-refractivity contribution is 5.81. The third kappa shape index (κ3) is 2.33. The van der Waals surface area contributed by atoms with Crippen molar-refractivity contribution < 1.29 is 0 Å². The van der Waals surface area contributed by atoms with Crippen molar-refractivity contribution in [2.45, 2.75) is 57.5 Å². The van der Waals surface area contributed by atoms with Crippen LogP contribution in [-0.2, 0) is 19.4 Å². The second-order valence-corrected chi connectivity index (χ2v) is 7.32. The Morgan fingerprint density at radius 1 is 1.08 bits per heavy atom. The molecule has 0 aliphatic heterocycles. The molecule has 1 saturated carbocycles. The summed E-state index contributed by atoms with van der Waals surface area (Å²) in [5, 5.41) is 5.86. The molecule has 5 nitrogen and oxygen atoms in total. The summed E-state index contributed by atoms with van der Waals surface area (Å²) in [6, 6.07) is 4.35. The van der Waals surface area contributed by atoms with Gasteiger partial charge in [-0.05, 0) is 62.1 Å². The molecule has 0 amide bonds. The molecule has 2 aliphatic rings. The Labute approximate surface area is 146 Å². The van der Waals surface area contributed by atoms with Gasteiger partial charge in [0.05, 0.1) is 12.7 Å². The van der Waals surface area contributed by atoms with E-state index in [1.165, 1.54) is 23.8 Å². The molecule has 0 saturated heterocycles. The molecule has 0 N–H and O–H groups in total. The van der Waals surface area contributed by atoms with Gasteiger partial charge >= 0.3 is 0 Å². The Bertz CT molecular complexity index is 982. The number of nitrogens with zero attached hydrogens (tertiary/aromatic N) is 4. The van der Waals surface area contributed by atoms with Crippen molar-refractivity contribution in [3.05, 3.63) is 57.8 Å². The Morgan fingerprint density at radius 2 is 1.92 bits per heavy atom. The van der Waals surface area contributed by atoms with Crippen LogP contribution in [0.5, 0.6) is 0 Å². The predicted molar refractivity (Wildman–Crippen MR) is 96.9 cm³/mol. The third-order valence-corrected chi connectivity index (χ3v) is 5.80. The molecule has 3 aromatic rings. The summed E-state index contributed by atoms with van der Waals surface area (Å²) < 4.78 is 4.06. The average molecular weight is 334 g/mol. The second-order valence-electron chi connectivity index (χ2n) is 7.32. The maximum atomic E-state index is 13.3. The van der Waals surface area contributed by atoms with Crippen LogP contribution in [0.25, 0.3) is 11.0 Å². The van der Waals surface area contributed by atoms with E-state index in [4.69, 9.17) is 0 Å². The molecule has 3 heterocycles. The molecule has 128 valence electrons. The van der Waals surface area contributed by atoms with Gasteiger partial charge in [-0.25, -0.2) is 4.68 Å². The third-order valence-electron chi connectivity index (χ3n) is 5.80. The van der Waals surface area contributed by atoms with Crippen LogP contribution in [0, 0.1) is 0 Å². The second kappa shape index (κ2) is 5.83. The van der Waals surface area contributed by atoms with E-state index in [9.17, 15) is 4.79 Å². The number of aryl methyl sites for hydroxylation is 1. The van der Waals surface area contributed by atoms with Crippen molar-refractivity contribution in [2.24, 2.45) is 0 Å². The van der Waals surface area contributed by atoms with Crippen LogP contribution in [-0.4, -0.2) is 19.3 Å². The molecule has 0 radical (unpaired) electrons. The van der Waals surface area contributed by atoms with E-state index in [0.29, 0.717) is 12.6 Å². The van der Waals surface area contributed by atoms with Crippen LogP contribution in [0.15, 0.2) is 35.5 Å². The Morgan fingerprint density at radius 3 is 2.64 bits per heavy atom. The Hall–Kier alpha value is -2.43. The van der Waals surface area contributed by atoms with Crippen molar-refractivity contribution in [1.82, 2.24) is 19.3 Å². The highest BCUT2D eigenvalue weighted by Crippen LogP contribution is 2.35. The largest absolute Gasteiger partial charge is 0.290 e. The zero-order valence-corrected chi connectivity index (χ0v) is 14.3. The number of rotatable bonds is 3. The van der Waals surface area contributed by atoms with Crippen molar-refractivity contribution in [2.75, 3.05) is 0 Å². The quantitative estimate of drug-likeness (QED) is 0.739. The number of hydrogen-bond donors (Lipinski definition) is 0. The van der Waals surface area contributed by atoms with Crippen LogP contribution in [0.3, 0.4) is 0 Å². The van der Waals surface area contributed by atoms with E-state index >= 15 is 0 Å². The fraction of sp³-hybridized carbons (Fsp3) is 0.450. The standard InChI is InChI=1S/C20H22N4O/c25-20-17-9-2-1-8-16(17)18-12-22-23(13-14-5-4-10-21-11-14)19(18)24(20)15-6-3-7-15/h4-5,10-12,15H,1-3,6-9,13H2. The van der Waals surface area contributed by atoms with E-state index in [-0.39, 0.29) is 5.56 Å². The maximum absolute atomic E-state index is 13.3. The van der Waals surface area contributed by atoms with Crippen molar-refractivity contribution in [1.29, 1.82) is 0 Å². The summed E-state index contributed by atoms with van der Waals surface area (Å²) in [5.74, 6) is 0. The lowest BCUT2D eigenvalue weighted by atomic mass is 9.88. The van der Waals surface area contributed by atoms with Gasteiger partial charge in [0, 0.05) is 29.4 Å². The van der Waals surface area contributed by atoms with Crippen LogP contribution in [0.4, 0.5) is 0 Å². The average Bonchev–Trinajstić information content (AvgIpc) is 3.01. The zero-order chi connectivity index (χ0) is 16.8. The molecule has 3 aromatic heterocycles. The van der Waals surface area contributed by atoms with Gasteiger partial charge in [-0.3, -0.25) is 14.3 Å². The van der Waals surface area contributed by atoms with Gasteiger partial charge in [0.1, 0.15) is 5.65 Å². The molecule has 2 aliphatic carbocycles. The van der Waals surface area contributed by atoms with Gasteiger partial charge in [0.15, 0.2) is 0 Å². The van der Waals surface area contributed by atoms with Gasteiger partial charge in [0.2, 0.25) is 0 Å². The van der Waals surface area contributed by atoms with Gasteiger partial charge in [0.25, 0.3) is 5.56 Å². The smallest absolute Gasteiger partial charge is 0.255 e. The summed E-state index contributed by atoms with van der Waals surface area (Å²) in [6.07, 6.45) is 13.3. The highest BCUT2D eigenvalue weighted by atomic mass is 16.1. The lowest BCUT2D eigenvalue weighted by Crippen LogP contribution is -2.34. The minimum absolute atomic E-state index is 0.236. The van der Waals surface area contributed by atoms with Crippen LogP contribution in [0.2, 0.25) is 0 Å². The Kier molecular flexibility index (Phi) is 3.47. The molecule has 0 atom stereocenters. The molecule has 0 aromatic carbocycles. The first-order valence-corrected chi connectivity index (χ1v) is 9.33. The first-order valence-electron chi connectivity index (χ1n) is 9.33. The van der Waals surface area contributed by atoms with Crippen LogP contribution < -0.4 is 5.56 Å². The Balaban J connectivity index is 1.74. The van der Waals surface area contributed by atoms with Crippen molar-refractivity contribution in [3.8, 4) is 0 Å². The topological polar surface area (TPSA) is 52.7 Å². The molecular formula is C20H22N4O. The first-order chi connectivity index (χ1) is 12.3. The van der Waals surface area contributed by atoms with Gasteiger partial charge in [-0.15, -0.1) is 0 Å². The zero-order valence-electron chi connectivity index (χ0n) is 14.3. The van der Waals surface area contributed by atoms with E-state index in [0.717, 1.165) is 48.9 Å². The number of pyridine rings is 2. The SMILES string of the molecule is O=c1c2c(c3cnn(Cc4cccnc4)c3n1C1CCC1)CCCC2. The molecule has 0 spiro atoms. The molecule has 1 fully saturated rings. The molecule has 0 bridgehead atoms. The predicted octanol–water partition coefficient (Wildman–Crippen LogP) is 3.25. The lowest BCUT2D eigenvalue weighted by molar-refractivity contribution is 0.309. The van der Waals surface area contributed by atoms with E-state index in [1.54, 1.807) is 6.20 Å². The normalized spacial score (nSPS) is 17.4. The van der Waals surface area contributed by atoms with Crippen molar-refractivity contribution >= 4 is 11.0 Å². The van der Waals surface area contributed by atoms with Crippen LogP contribution >= 0.6 is 0 Å². The number of hydrogen-bond acceptors (Lipinski definition) is 3. The summed E-state index contributed by atoms with van der Waals surface area (Å²) in [6.45, 7) is 0.655. The van der Waals surface area contributed by atoms with Crippen molar-refractivity contribution in [3.63, 3.8) is 0 Å². The molecule has 0 unspecified atom stereocenters. The van der Waals surface area contributed by atoms with E-state index in [1.807, 2.05) is 23.1 Å². The summed E-state index contributed by atoms with van der Waals surface area (Å²) in [7, 11) is 0. The monoisotopic (exact) mass is 334 g/mol. The number of fused-ring (bicyclic) bond motifs is 3. The van der Waals surface area contributed by atoms with Gasteiger partial charge in [-0.1, -0.05) is 6.07 Å². The van der Waals surface area contributed by atoms with E-state index < -0.39 is 0 Å². The minimum atomic E-state index is 0.236. The summed E-state index contributed by atoms with van der Waals surface area (Å²) >= 11 is 0. The fourth-order valence-electron chi connectivity index (χ4n) is 4.29. The molecule has 25 heavy (non-hydrogen) atoms. The molecule has 5 heteroatoms. The van der Waals surface area contributed by atoms with Gasteiger partial charge < -0.3 is 0 Å². The van der Waals surface area contributed by atoms with Gasteiger partial charge in [-0.2, -0.15) is 5.10 Å². The number of aromatic nitrogens is 4. The molecule has 5 rings (SSSR count). The molecular weight excluding hydrogens is 312 g/mol. The minimum Gasteiger partial charge on any atom is -0.290 e. The van der Waals surface area contributed by atoms with Crippen LogP contribution in [0.1, 0.15) is 54.8 Å². The first kappa shape index (κ1) is 14.9. The summed E-state index contributed by atoms with van der Waals surface area (Å²) in [5.41, 5.74) is 4.66.